The number of hydrogen-bond acceptors (Lipinski definition) is 3. The molecule has 0 heterocycles. The van der Waals surface area contributed by atoms with Gasteiger partial charge in [-0.1, -0.05) is 57.4 Å². The van der Waals surface area contributed by atoms with E-state index in [4.69, 9.17) is 14.2 Å². The summed E-state index contributed by atoms with van der Waals surface area (Å²) in [5.74, 6) is 3.03. The van der Waals surface area contributed by atoms with Gasteiger partial charge in [0.25, 0.3) is 0 Å². The largest absolute Gasteiger partial charge is 0.491 e. The highest BCUT2D eigenvalue weighted by molar-refractivity contribution is 5.31. The lowest BCUT2D eigenvalue weighted by atomic mass is 9.84. The Hall–Kier alpha value is -2.00. The molecule has 158 valence electrons. The topological polar surface area (TPSA) is 27.7 Å². The number of rotatable bonds is 10. The Bertz CT molecular complexity index is 719. The molecule has 0 bridgehead atoms. The zero-order valence-corrected chi connectivity index (χ0v) is 18.2. The van der Waals surface area contributed by atoms with Gasteiger partial charge in [0.1, 0.15) is 18.1 Å². The summed E-state index contributed by atoms with van der Waals surface area (Å²) in [5.41, 5.74) is 2.76. The van der Waals surface area contributed by atoms with Gasteiger partial charge in [0.15, 0.2) is 6.29 Å². The molecule has 2 unspecified atom stereocenters. The summed E-state index contributed by atoms with van der Waals surface area (Å²) in [6, 6.07) is 16.9. The first-order valence-electron chi connectivity index (χ1n) is 11.3. The third-order valence-electron chi connectivity index (χ3n) is 6.00. The fraction of sp³-hybridized carbons (Fsp3) is 0.538. The Labute approximate surface area is 176 Å². The molecule has 0 spiro atoms. The van der Waals surface area contributed by atoms with Crippen LogP contribution in [-0.2, 0) is 4.74 Å². The Morgan fingerprint density at radius 2 is 1.66 bits per heavy atom. The molecule has 1 aliphatic carbocycles. The Morgan fingerprint density at radius 3 is 2.38 bits per heavy atom. The molecule has 3 heteroatoms. The van der Waals surface area contributed by atoms with Crippen LogP contribution in [0.3, 0.4) is 0 Å². The predicted molar refractivity (Wildman–Crippen MR) is 119 cm³/mol. The van der Waals surface area contributed by atoms with Gasteiger partial charge in [0.2, 0.25) is 0 Å². The quantitative estimate of drug-likeness (QED) is 0.317. The van der Waals surface area contributed by atoms with Crippen LogP contribution in [0.2, 0.25) is 0 Å². The highest BCUT2D eigenvalue weighted by Gasteiger charge is 2.15. The minimum atomic E-state index is -0.306. The number of benzene rings is 2. The fourth-order valence-corrected chi connectivity index (χ4v) is 4.00. The van der Waals surface area contributed by atoms with Crippen molar-refractivity contribution in [3.05, 3.63) is 59.7 Å². The van der Waals surface area contributed by atoms with Crippen LogP contribution in [-0.4, -0.2) is 19.5 Å². The Kier molecular flexibility index (Phi) is 8.42. The van der Waals surface area contributed by atoms with Crippen LogP contribution in [0.15, 0.2) is 48.5 Å². The molecule has 0 N–H and O–H groups in total. The highest BCUT2D eigenvalue weighted by atomic mass is 16.7. The van der Waals surface area contributed by atoms with Crippen molar-refractivity contribution in [3.63, 3.8) is 0 Å². The lowest BCUT2D eigenvalue weighted by Gasteiger charge is -2.22. The van der Waals surface area contributed by atoms with E-state index in [1.165, 1.54) is 43.2 Å². The molecule has 0 radical (unpaired) electrons. The maximum absolute atomic E-state index is 5.91. The summed E-state index contributed by atoms with van der Waals surface area (Å²) in [6.45, 7) is 7.38. The van der Waals surface area contributed by atoms with Crippen LogP contribution in [0.5, 0.6) is 11.5 Å². The summed E-state index contributed by atoms with van der Waals surface area (Å²) in [7, 11) is 0. The first-order chi connectivity index (χ1) is 14.2. The molecule has 3 nitrogen and oxygen atoms in total. The monoisotopic (exact) mass is 396 g/mol. The van der Waals surface area contributed by atoms with Gasteiger partial charge >= 0.3 is 0 Å². The van der Waals surface area contributed by atoms with Crippen molar-refractivity contribution in [1.82, 2.24) is 0 Å². The average molecular weight is 397 g/mol. The van der Waals surface area contributed by atoms with Crippen LogP contribution in [0, 0.1) is 0 Å². The molecule has 2 aromatic carbocycles. The smallest absolute Gasteiger partial charge is 0.197 e. The second kappa shape index (κ2) is 11.3. The van der Waals surface area contributed by atoms with E-state index in [1.807, 2.05) is 19.1 Å². The van der Waals surface area contributed by atoms with Gasteiger partial charge in [-0.3, -0.25) is 0 Å². The third-order valence-corrected chi connectivity index (χ3v) is 6.00. The van der Waals surface area contributed by atoms with E-state index in [2.05, 4.69) is 50.2 Å². The molecular formula is C26H36O3. The second-order valence-corrected chi connectivity index (χ2v) is 8.19. The lowest BCUT2D eigenvalue weighted by molar-refractivity contribution is -0.0739. The van der Waals surface area contributed by atoms with Crippen molar-refractivity contribution >= 4 is 0 Å². The van der Waals surface area contributed by atoms with Gasteiger partial charge in [-0.25, -0.2) is 0 Å². The molecule has 0 amide bonds. The van der Waals surface area contributed by atoms with Gasteiger partial charge in [-0.15, -0.1) is 0 Å². The van der Waals surface area contributed by atoms with E-state index in [1.54, 1.807) is 0 Å². The van der Waals surface area contributed by atoms with E-state index < -0.39 is 0 Å². The fourth-order valence-electron chi connectivity index (χ4n) is 4.00. The van der Waals surface area contributed by atoms with Crippen molar-refractivity contribution in [2.45, 2.75) is 77.4 Å². The molecule has 1 saturated carbocycles. The average Bonchev–Trinajstić information content (AvgIpc) is 2.77. The third kappa shape index (κ3) is 6.78. The van der Waals surface area contributed by atoms with Crippen LogP contribution in [0.4, 0.5) is 0 Å². The molecule has 1 aliphatic rings. The Morgan fingerprint density at radius 1 is 0.897 bits per heavy atom. The summed E-state index contributed by atoms with van der Waals surface area (Å²) >= 11 is 0. The Balaban J connectivity index is 1.37. The molecule has 2 aromatic rings. The summed E-state index contributed by atoms with van der Waals surface area (Å²) in [4.78, 5) is 0. The van der Waals surface area contributed by atoms with Crippen molar-refractivity contribution in [3.8, 4) is 11.5 Å². The van der Waals surface area contributed by atoms with E-state index >= 15 is 0 Å². The predicted octanol–water partition coefficient (Wildman–Crippen LogP) is 7.07. The van der Waals surface area contributed by atoms with Crippen molar-refractivity contribution in [2.24, 2.45) is 0 Å². The van der Waals surface area contributed by atoms with Crippen molar-refractivity contribution in [2.75, 3.05) is 13.2 Å². The van der Waals surface area contributed by atoms with E-state index in [0.29, 0.717) is 19.1 Å². The zero-order chi connectivity index (χ0) is 20.5. The molecule has 0 aromatic heterocycles. The molecule has 0 aliphatic heterocycles. The molecule has 0 saturated heterocycles. The van der Waals surface area contributed by atoms with Gasteiger partial charge < -0.3 is 14.2 Å². The maximum Gasteiger partial charge on any atom is 0.197 e. The van der Waals surface area contributed by atoms with Crippen LogP contribution >= 0.6 is 0 Å². The summed E-state index contributed by atoms with van der Waals surface area (Å²) in [6.07, 6.45) is 7.58. The molecule has 29 heavy (non-hydrogen) atoms. The molecule has 2 atom stereocenters. The number of hydrogen-bond donors (Lipinski definition) is 0. The summed E-state index contributed by atoms with van der Waals surface area (Å²) in [5, 5.41) is 0. The molecule has 1 fully saturated rings. The van der Waals surface area contributed by atoms with Gasteiger partial charge in [0.05, 0.1) is 6.61 Å². The SMILES string of the molecule is CCC(C)c1cccc(OC(C)OCCOc2ccc(C3CCCCC3)cc2)c1. The first-order valence-corrected chi connectivity index (χ1v) is 11.3. The second-order valence-electron chi connectivity index (χ2n) is 8.19. The normalized spacial score (nSPS) is 16.9. The van der Waals surface area contributed by atoms with Crippen molar-refractivity contribution < 1.29 is 14.2 Å². The highest BCUT2D eigenvalue weighted by Crippen LogP contribution is 2.33. The van der Waals surface area contributed by atoms with Crippen LogP contribution < -0.4 is 9.47 Å². The van der Waals surface area contributed by atoms with Gasteiger partial charge in [-0.2, -0.15) is 0 Å². The lowest BCUT2D eigenvalue weighted by Crippen LogP contribution is -2.20. The molecule has 3 rings (SSSR count). The maximum atomic E-state index is 5.91. The van der Waals surface area contributed by atoms with E-state index in [-0.39, 0.29) is 6.29 Å². The first kappa shape index (κ1) is 21.7. The minimum Gasteiger partial charge on any atom is -0.491 e. The molecular weight excluding hydrogens is 360 g/mol. The minimum absolute atomic E-state index is 0.306. The standard InChI is InChI=1S/C26H36O3/c1-4-20(2)24-11-8-12-26(19-24)29-21(3)27-17-18-28-25-15-13-23(14-16-25)22-9-6-5-7-10-22/h8,11-16,19-22H,4-7,9-10,17-18H2,1-3H3. The van der Waals surface area contributed by atoms with E-state index in [9.17, 15) is 0 Å². The van der Waals surface area contributed by atoms with Crippen LogP contribution in [0.1, 0.15) is 82.3 Å². The van der Waals surface area contributed by atoms with Crippen molar-refractivity contribution in [1.29, 1.82) is 0 Å². The number of ether oxygens (including phenoxy) is 3. The summed E-state index contributed by atoms with van der Waals surface area (Å²) < 4.78 is 17.5. The van der Waals surface area contributed by atoms with Crippen LogP contribution in [0.25, 0.3) is 0 Å². The zero-order valence-electron chi connectivity index (χ0n) is 18.2. The van der Waals surface area contributed by atoms with Gasteiger partial charge in [-0.05, 0) is 73.4 Å². The van der Waals surface area contributed by atoms with Gasteiger partial charge in [0, 0.05) is 0 Å². The van der Waals surface area contributed by atoms with E-state index in [0.717, 1.165) is 23.8 Å².